The number of ether oxygens (including phenoxy) is 3. The lowest BCUT2D eigenvalue weighted by Crippen LogP contribution is -2.42. The number of fused-ring (bicyclic) bond motifs is 2. The lowest BCUT2D eigenvalue weighted by atomic mass is 10.0. The second-order valence-electron chi connectivity index (χ2n) is 6.84. The predicted octanol–water partition coefficient (Wildman–Crippen LogP) is 2.77. The molecule has 1 amide bonds. The van der Waals surface area contributed by atoms with E-state index in [-0.39, 0.29) is 18.8 Å². The Labute approximate surface area is 151 Å². The van der Waals surface area contributed by atoms with Gasteiger partial charge in [0.05, 0.1) is 12.6 Å². The summed E-state index contributed by atoms with van der Waals surface area (Å²) in [5.41, 5.74) is 2.58. The van der Waals surface area contributed by atoms with E-state index >= 15 is 0 Å². The normalized spacial score (nSPS) is 16.7. The number of aromatic nitrogens is 1. The molecule has 26 heavy (non-hydrogen) atoms. The van der Waals surface area contributed by atoms with Crippen LogP contribution in [0.25, 0.3) is 11.3 Å². The fourth-order valence-corrected chi connectivity index (χ4v) is 3.39. The topological polar surface area (TPSA) is 74.0 Å². The predicted molar refractivity (Wildman–Crippen MR) is 92.9 cm³/mol. The van der Waals surface area contributed by atoms with Crippen LogP contribution in [0.15, 0.2) is 22.7 Å². The minimum Gasteiger partial charge on any atom is -0.454 e. The van der Waals surface area contributed by atoms with Gasteiger partial charge >= 0.3 is 0 Å². The molecule has 2 aliphatic rings. The number of nitrogens with zero attached hydrogens (tertiary/aromatic N) is 2. The Morgan fingerprint density at radius 2 is 2.04 bits per heavy atom. The van der Waals surface area contributed by atoms with Crippen molar-refractivity contribution in [2.45, 2.75) is 45.9 Å². The summed E-state index contributed by atoms with van der Waals surface area (Å²) in [5, 5.41) is 4.24. The standard InChI is InChI=1S/C19H22N2O5/c1-11(2)25-12(3)19(22)21-7-6-15-14(9-21)18(20-26-15)13-4-5-16-17(8-13)24-10-23-16/h4-5,8,11-12H,6-7,9-10H2,1-3H3/t12-/m0/s1. The molecule has 0 bridgehead atoms. The Morgan fingerprint density at radius 1 is 1.23 bits per heavy atom. The van der Waals surface area contributed by atoms with Gasteiger partial charge in [-0.3, -0.25) is 4.79 Å². The Kier molecular flexibility index (Phi) is 4.32. The van der Waals surface area contributed by atoms with Crippen molar-refractivity contribution < 1.29 is 23.5 Å². The first kappa shape index (κ1) is 16.9. The van der Waals surface area contributed by atoms with Crippen LogP contribution in [0.2, 0.25) is 0 Å². The highest BCUT2D eigenvalue weighted by Crippen LogP contribution is 2.38. The van der Waals surface area contributed by atoms with Gasteiger partial charge in [-0.1, -0.05) is 5.16 Å². The van der Waals surface area contributed by atoms with Gasteiger partial charge in [0.15, 0.2) is 11.5 Å². The van der Waals surface area contributed by atoms with Gasteiger partial charge in [-0.2, -0.15) is 0 Å². The molecule has 7 nitrogen and oxygen atoms in total. The molecule has 0 saturated carbocycles. The van der Waals surface area contributed by atoms with Crippen LogP contribution in [-0.2, 0) is 22.5 Å². The Balaban J connectivity index is 1.58. The number of hydrogen-bond acceptors (Lipinski definition) is 6. The largest absolute Gasteiger partial charge is 0.454 e. The van der Waals surface area contributed by atoms with Crippen LogP contribution in [0.1, 0.15) is 32.1 Å². The van der Waals surface area contributed by atoms with Crippen LogP contribution in [0.3, 0.4) is 0 Å². The monoisotopic (exact) mass is 358 g/mol. The molecule has 0 saturated heterocycles. The SMILES string of the molecule is CC(C)O[C@@H](C)C(=O)N1CCc2onc(-c3ccc4c(c3)OCO4)c2C1. The Morgan fingerprint density at radius 3 is 2.85 bits per heavy atom. The summed E-state index contributed by atoms with van der Waals surface area (Å²) in [5.74, 6) is 2.24. The lowest BCUT2D eigenvalue weighted by Gasteiger charge is -2.29. The van der Waals surface area contributed by atoms with Crippen molar-refractivity contribution in [1.29, 1.82) is 0 Å². The molecule has 0 aliphatic carbocycles. The molecule has 2 aliphatic heterocycles. The van der Waals surface area contributed by atoms with E-state index in [2.05, 4.69) is 5.16 Å². The van der Waals surface area contributed by atoms with Gasteiger partial charge in [0.25, 0.3) is 5.91 Å². The average molecular weight is 358 g/mol. The molecule has 0 N–H and O–H groups in total. The van der Waals surface area contributed by atoms with Crippen molar-refractivity contribution >= 4 is 5.91 Å². The van der Waals surface area contributed by atoms with Gasteiger partial charge in [0.1, 0.15) is 17.6 Å². The summed E-state index contributed by atoms with van der Waals surface area (Å²) in [6.07, 6.45) is 0.187. The minimum absolute atomic E-state index is 0.00841. The van der Waals surface area contributed by atoms with Gasteiger partial charge in [-0.05, 0) is 39.0 Å². The van der Waals surface area contributed by atoms with E-state index in [1.807, 2.05) is 36.9 Å². The molecule has 1 aromatic heterocycles. The zero-order valence-corrected chi connectivity index (χ0v) is 15.2. The fraction of sp³-hybridized carbons (Fsp3) is 0.474. The van der Waals surface area contributed by atoms with Crippen molar-refractivity contribution in [2.24, 2.45) is 0 Å². The summed E-state index contributed by atoms with van der Waals surface area (Å²) in [6.45, 7) is 6.95. The first-order valence-electron chi connectivity index (χ1n) is 8.84. The number of carbonyl (C=O) groups excluding carboxylic acids is 1. The van der Waals surface area contributed by atoms with Crippen molar-refractivity contribution in [1.82, 2.24) is 10.1 Å². The zero-order valence-electron chi connectivity index (χ0n) is 15.2. The molecule has 0 spiro atoms. The van der Waals surface area contributed by atoms with Crippen LogP contribution < -0.4 is 9.47 Å². The Bertz CT molecular complexity index is 829. The van der Waals surface area contributed by atoms with E-state index in [9.17, 15) is 4.79 Å². The van der Waals surface area contributed by atoms with Gasteiger partial charge < -0.3 is 23.6 Å². The molecule has 4 rings (SSSR count). The second kappa shape index (κ2) is 6.64. The van der Waals surface area contributed by atoms with E-state index in [0.29, 0.717) is 25.3 Å². The summed E-state index contributed by atoms with van der Waals surface area (Å²) in [4.78, 5) is 14.5. The minimum atomic E-state index is -0.467. The quantitative estimate of drug-likeness (QED) is 0.837. The fourth-order valence-electron chi connectivity index (χ4n) is 3.39. The Hall–Kier alpha value is -2.54. The van der Waals surface area contributed by atoms with Crippen LogP contribution in [0, 0.1) is 0 Å². The van der Waals surface area contributed by atoms with Crippen LogP contribution in [0.5, 0.6) is 11.5 Å². The second-order valence-corrected chi connectivity index (χ2v) is 6.84. The van der Waals surface area contributed by atoms with Crippen molar-refractivity contribution in [3.63, 3.8) is 0 Å². The van der Waals surface area contributed by atoms with Crippen LogP contribution in [0.4, 0.5) is 0 Å². The lowest BCUT2D eigenvalue weighted by molar-refractivity contribution is -0.146. The molecule has 0 unspecified atom stereocenters. The van der Waals surface area contributed by atoms with Crippen molar-refractivity contribution in [3.8, 4) is 22.8 Å². The first-order chi connectivity index (χ1) is 12.5. The maximum absolute atomic E-state index is 12.7. The van der Waals surface area contributed by atoms with Crippen molar-refractivity contribution in [3.05, 3.63) is 29.5 Å². The molecular weight excluding hydrogens is 336 g/mol. The van der Waals surface area contributed by atoms with Crippen LogP contribution in [-0.4, -0.2) is 41.5 Å². The number of carbonyl (C=O) groups is 1. The molecular formula is C19H22N2O5. The van der Waals surface area contributed by atoms with Crippen molar-refractivity contribution in [2.75, 3.05) is 13.3 Å². The molecule has 1 atom stereocenters. The third kappa shape index (κ3) is 3.03. The van der Waals surface area contributed by atoms with Gasteiger partial charge in [0.2, 0.25) is 6.79 Å². The number of benzene rings is 1. The molecule has 138 valence electrons. The van der Waals surface area contributed by atoms with E-state index in [4.69, 9.17) is 18.7 Å². The maximum Gasteiger partial charge on any atom is 0.251 e. The number of rotatable bonds is 4. The molecule has 7 heteroatoms. The smallest absolute Gasteiger partial charge is 0.251 e. The number of hydrogen-bond donors (Lipinski definition) is 0. The zero-order chi connectivity index (χ0) is 18.3. The van der Waals surface area contributed by atoms with Gasteiger partial charge in [-0.25, -0.2) is 0 Å². The summed E-state index contributed by atoms with van der Waals surface area (Å²) in [6, 6.07) is 5.69. The summed E-state index contributed by atoms with van der Waals surface area (Å²) < 4.78 is 22.0. The number of amides is 1. The first-order valence-corrected chi connectivity index (χ1v) is 8.84. The van der Waals surface area contributed by atoms with E-state index in [1.165, 1.54) is 0 Å². The molecule has 0 fully saturated rings. The summed E-state index contributed by atoms with van der Waals surface area (Å²) >= 11 is 0. The van der Waals surface area contributed by atoms with E-state index in [1.54, 1.807) is 6.92 Å². The average Bonchev–Trinajstić information content (AvgIpc) is 3.25. The molecule has 0 radical (unpaired) electrons. The highest BCUT2D eigenvalue weighted by molar-refractivity contribution is 5.81. The highest BCUT2D eigenvalue weighted by Gasteiger charge is 2.30. The van der Waals surface area contributed by atoms with Gasteiger partial charge in [0, 0.05) is 24.1 Å². The third-order valence-corrected chi connectivity index (χ3v) is 4.61. The third-order valence-electron chi connectivity index (χ3n) is 4.61. The molecule has 3 heterocycles. The highest BCUT2D eigenvalue weighted by atomic mass is 16.7. The molecule has 2 aromatic rings. The van der Waals surface area contributed by atoms with Crippen LogP contribution >= 0.6 is 0 Å². The molecule has 1 aromatic carbocycles. The maximum atomic E-state index is 12.7. The van der Waals surface area contributed by atoms with E-state index < -0.39 is 6.10 Å². The van der Waals surface area contributed by atoms with Gasteiger partial charge in [-0.15, -0.1) is 0 Å². The van der Waals surface area contributed by atoms with E-state index in [0.717, 1.165) is 28.3 Å². The summed E-state index contributed by atoms with van der Waals surface area (Å²) in [7, 11) is 0.